The zero-order chi connectivity index (χ0) is 13.1. The molecule has 18 heavy (non-hydrogen) atoms. The molecule has 1 aromatic rings. The van der Waals surface area contributed by atoms with Crippen molar-refractivity contribution in [3.8, 4) is 0 Å². The standard InChI is InChI=1S/C15H22FNO/c1-10-7-13(16)8-11(2)14(10)15(17-3)12-5-4-6-18-9-12/h7-8,12,15,17H,4-6,9H2,1-3H3. The Bertz CT molecular complexity index is 390. The number of halogens is 1. The van der Waals surface area contributed by atoms with Crippen LogP contribution in [-0.4, -0.2) is 20.3 Å². The molecule has 1 aliphatic heterocycles. The lowest BCUT2D eigenvalue weighted by Crippen LogP contribution is -2.32. The topological polar surface area (TPSA) is 21.3 Å². The van der Waals surface area contributed by atoms with Crippen LogP contribution >= 0.6 is 0 Å². The summed E-state index contributed by atoms with van der Waals surface area (Å²) in [4.78, 5) is 0. The maximum absolute atomic E-state index is 13.4. The molecule has 1 fully saturated rings. The van der Waals surface area contributed by atoms with Gasteiger partial charge in [0.05, 0.1) is 6.61 Å². The fraction of sp³-hybridized carbons (Fsp3) is 0.600. The van der Waals surface area contributed by atoms with Crippen molar-refractivity contribution >= 4 is 0 Å². The van der Waals surface area contributed by atoms with Gasteiger partial charge >= 0.3 is 0 Å². The fourth-order valence-electron chi connectivity index (χ4n) is 3.06. The van der Waals surface area contributed by atoms with Crippen molar-refractivity contribution in [1.29, 1.82) is 0 Å². The third-order valence-corrected chi connectivity index (χ3v) is 3.85. The minimum atomic E-state index is -0.150. The molecular weight excluding hydrogens is 229 g/mol. The third kappa shape index (κ3) is 2.73. The molecule has 100 valence electrons. The van der Waals surface area contributed by atoms with Crippen LogP contribution in [0.1, 0.15) is 35.6 Å². The van der Waals surface area contributed by atoms with Gasteiger partial charge in [-0.15, -0.1) is 0 Å². The molecule has 0 aromatic heterocycles. The van der Waals surface area contributed by atoms with Crippen LogP contribution in [0.5, 0.6) is 0 Å². The summed E-state index contributed by atoms with van der Waals surface area (Å²) in [6.45, 7) is 5.63. The summed E-state index contributed by atoms with van der Waals surface area (Å²) in [5, 5.41) is 3.39. The molecule has 1 aliphatic rings. The summed E-state index contributed by atoms with van der Waals surface area (Å²) < 4.78 is 18.9. The van der Waals surface area contributed by atoms with Crippen LogP contribution in [0.25, 0.3) is 0 Å². The second kappa shape index (κ2) is 5.81. The van der Waals surface area contributed by atoms with Gasteiger partial charge in [-0.2, -0.15) is 0 Å². The highest BCUT2D eigenvalue weighted by atomic mass is 19.1. The first-order valence-corrected chi connectivity index (χ1v) is 6.65. The molecule has 1 N–H and O–H groups in total. The molecular formula is C15H22FNO. The Morgan fingerprint density at radius 3 is 2.50 bits per heavy atom. The van der Waals surface area contributed by atoms with E-state index in [2.05, 4.69) is 5.32 Å². The van der Waals surface area contributed by atoms with Crippen molar-refractivity contribution in [2.45, 2.75) is 32.7 Å². The molecule has 0 spiro atoms. The van der Waals surface area contributed by atoms with Gasteiger partial charge in [-0.05, 0) is 62.6 Å². The molecule has 1 heterocycles. The van der Waals surface area contributed by atoms with E-state index in [-0.39, 0.29) is 11.9 Å². The first kappa shape index (κ1) is 13.5. The Labute approximate surface area is 109 Å². The molecule has 1 aromatic carbocycles. The van der Waals surface area contributed by atoms with E-state index in [4.69, 9.17) is 4.74 Å². The second-order valence-electron chi connectivity index (χ2n) is 5.20. The number of aryl methyl sites for hydroxylation is 2. The fourth-order valence-corrected chi connectivity index (χ4v) is 3.06. The maximum Gasteiger partial charge on any atom is 0.123 e. The van der Waals surface area contributed by atoms with Gasteiger partial charge in [0.15, 0.2) is 0 Å². The van der Waals surface area contributed by atoms with Crippen molar-refractivity contribution in [3.63, 3.8) is 0 Å². The molecule has 2 nitrogen and oxygen atoms in total. The van der Waals surface area contributed by atoms with Crippen LogP contribution in [0.4, 0.5) is 4.39 Å². The van der Waals surface area contributed by atoms with Crippen LogP contribution in [0.3, 0.4) is 0 Å². The van der Waals surface area contributed by atoms with Crippen molar-refractivity contribution in [3.05, 3.63) is 34.6 Å². The number of nitrogens with one attached hydrogen (secondary N) is 1. The van der Waals surface area contributed by atoms with Crippen LogP contribution < -0.4 is 5.32 Å². The van der Waals surface area contributed by atoms with Crippen LogP contribution in [0.15, 0.2) is 12.1 Å². The minimum absolute atomic E-state index is 0.150. The number of hydrogen-bond acceptors (Lipinski definition) is 2. The van der Waals surface area contributed by atoms with E-state index in [9.17, 15) is 4.39 Å². The molecule has 2 rings (SSSR count). The van der Waals surface area contributed by atoms with Gasteiger partial charge in [0.25, 0.3) is 0 Å². The van der Waals surface area contributed by atoms with E-state index in [0.29, 0.717) is 5.92 Å². The average molecular weight is 251 g/mol. The Morgan fingerprint density at radius 1 is 1.33 bits per heavy atom. The van der Waals surface area contributed by atoms with Crippen LogP contribution in [0.2, 0.25) is 0 Å². The molecule has 0 bridgehead atoms. The average Bonchev–Trinajstić information content (AvgIpc) is 2.34. The van der Waals surface area contributed by atoms with E-state index in [0.717, 1.165) is 30.8 Å². The van der Waals surface area contributed by atoms with E-state index in [1.165, 1.54) is 12.0 Å². The molecule has 2 unspecified atom stereocenters. The summed E-state index contributed by atoms with van der Waals surface area (Å²) in [5.74, 6) is 0.329. The molecule has 0 saturated carbocycles. The van der Waals surface area contributed by atoms with Gasteiger partial charge in [0.1, 0.15) is 5.82 Å². The smallest absolute Gasteiger partial charge is 0.123 e. The Morgan fingerprint density at radius 2 is 2.00 bits per heavy atom. The van der Waals surface area contributed by atoms with E-state index < -0.39 is 0 Å². The highest BCUT2D eigenvalue weighted by Gasteiger charge is 2.26. The van der Waals surface area contributed by atoms with Crippen molar-refractivity contribution < 1.29 is 9.13 Å². The second-order valence-corrected chi connectivity index (χ2v) is 5.20. The summed E-state index contributed by atoms with van der Waals surface area (Å²) in [5.41, 5.74) is 3.28. The number of benzene rings is 1. The Balaban J connectivity index is 2.32. The van der Waals surface area contributed by atoms with Crippen molar-refractivity contribution in [1.82, 2.24) is 5.32 Å². The molecule has 0 aliphatic carbocycles. The predicted octanol–water partition coefficient (Wildman–Crippen LogP) is 3.13. The van der Waals surface area contributed by atoms with Crippen LogP contribution in [-0.2, 0) is 4.74 Å². The van der Waals surface area contributed by atoms with Crippen molar-refractivity contribution in [2.75, 3.05) is 20.3 Å². The zero-order valence-electron chi connectivity index (χ0n) is 11.4. The lowest BCUT2D eigenvalue weighted by molar-refractivity contribution is 0.0400. The SMILES string of the molecule is CNC(c1c(C)cc(F)cc1C)C1CCCOC1. The first-order valence-electron chi connectivity index (χ1n) is 6.65. The van der Waals surface area contributed by atoms with Gasteiger partial charge in [-0.1, -0.05) is 0 Å². The van der Waals surface area contributed by atoms with E-state index in [1.807, 2.05) is 20.9 Å². The van der Waals surface area contributed by atoms with Gasteiger partial charge in [-0.25, -0.2) is 4.39 Å². The van der Waals surface area contributed by atoms with Gasteiger partial charge in [0, 0.05) is 18.6 Å². The highest BCUT2D eigenvalue weighted by Crippen LogP contribution is 2.32. The number of hydrogen-bond donors (Lipinski definition) is 1. The number of rotatable bonds is 3. The lowest BCUT2D eigenvalue weighted by atomic mass is 9.84. The summed E-state index contributed by atoms with van der Waals surface area (Å²) >= 11 is 0. The van der Waals surface area contributed by atoms with Crippen molar-refractivity contribution in [2.24, 2.45) is 5.92 Å². The number of ether oxygens (including phenoxy) is 1. The Hall–Kier alpha value is -0.930. The molecule has 3 heteroatoms. The van der Waals surface area contributed by atoms with Crippen LogP contribution in [0, 0.1) is 25.6 Å². The Kier molecular flexibility index (Phi) is 4.36. The third-order valence-electron chi connectivity index (χ3n) is 3.85. The molecule has 2 atom stereocenters. The van der Waals surface area contributed by atoms with Gasteiger partial charge < -0.3 is 10.1 Å². The quantitative estimate of drug-likeness (QED) is 0.891. The maximum atomic E-state index is 13.4. The summed E-state index contributed by atoms with van der Waals surface area (Å²) in [6, 6.07) is 3.50. The lowest BCUT2D eigenvalue weighted by Gasteiger charge is -2.32. The van der Waals surface area contributed by atoms with Gasteiger partial charge in [0.2, 0.25) is 0 Å². The highest BCUT2D eigenvalue weighted by molar-refractivity contribution is 5.37. The summed E-state index contributed by atoms with van der Waals surface area (Å²) in [6.07, 6.45) is 2.28. The largest absolute Gasteiger partial charge is 0.381 e. The molecule has 0 amide bonds. The van der Waals surface area contributed by atoms with Gasteiger partial charge in [-0.3, -0.25) is 0 Å². The van der Waals surface area contributed by atoms with E-state index >= 15 is 0 Å². The minimum Gasteiger partial charge on any atom is -0.381 e. The zero-order valence-corrected chi connectivity index (χ0v) is 11.4. The molecule has 1 saturated heterocycles. The monoisotopic (exact) mass is 251 g/mol. The summed E-state index contributed by atoms with van der Waals surface area (Å²) in [7, 11) is 1.97. The first-order chi connectivity index (χ1) is 8.63. The molecule has 0 radical (unpaired) electrons. The van der Waals surface area contributed by atoms with E-state index in [1.54, 1.807) is 12.1 Å². The predicted molar refractivity (Wildman–Crippen MR) is 71.2 cm³/mol. The normalized spacial score (nSPS) is 21.9.